The summed E-state index contributed by atoms with van der Waals surface area (Å²) in [6.45, 7) is 5.99. The highest BCUT2D eigenvalue weighted by atomic mass is 19.1. The average molecular weight is 415 g/mol. The minimum atomic E-state index is -0.679. The Morgan fingerprint density at radius 1 is 1.20 bits per heavy atom. The third kappa shape index (κ3) is 4.42. The first-order chi connectivity index (χ1) is 14.3. The van der Waals surface area contributed by atoms with Crippen LogP contribution in [0.2, 0.25) is 0 Å². The molecular formula is C21H26FN5O3. The number of ether oxygens (including phenoxy) is 1. The minimum Gasteiger partial charge on any atom is -0.491 e. The Bertz CT molecular complexity index is 1020. The number of hydrogen-bond donors (Lipinski definition) is 3. The number of hydrogen-bond acceptors (Lipinski definition) is 8. The largest absolute Gasteiger partial charge is 0.491 e. The highest BCUT2D eigenvalue weighted by molar-refractivity contribution is 5.74. The van der Waals surface area contributed by atoms with Crippen molar-refractivity contribution < 1.29 is 18.8 Å². The first-order valence-corrected chi connectivity index (χ1v) is 9.60. The van der Waals surface area contributed by atoms with Crippen LogP contribution in [0.4, 0.5) is 10.2 Å². The Hall–Kier alpha value is -3.04. The van der Waals surface area contributed by atoms with Crippen LogP contribution in [0, 0.1) is 26.6 Å². The second-order valence-corrected chi connectivity index (χ2v) is 6.98. The molecule has 1 aromatic carbocycles. The van der Waals surface area contributed by atoms with Gasteiger partial charge in [-0.3, -0.25) is 0 Å². The van der Waals surface area contributed by atoms with E-state index in [4.69, 9.17) is 9.26 Å². The lowest BCUT2D eigenvalue weighted by Crippen LogP contribution is -2.29. The molecule has 0 aliphatic carbocycles. The summed E-state index contributed by atoms with van der Waals surface area (Å²) in [6, 6.07) is 4.34. The lowest BCUT2D eigenvalue weighted by atomic mass is 10.0. The summed E-state index contributed by atoms with van der Waals surface area (Å²) in [5.74, 6) is 1.34. The molecule has 0 aliphatic heterocycles. The lowest BCUT2D eigenvalue weighted by molar-refractivity contribution is 0.108. The van der Waals surface area contributed by atoms with E-state index in [0.29, 0.717) is 35.3 Å². The van der Waals surface area contributed by atoms with E-state index >= 15 is 0 Å². The van der Waals surface area contributed by atoms with Gasteiger partial charge in [-0.15, -0.1) is 0 Å². The monoisotopic (exact) mass is 415 g/mol. The van der Waals surface area contributed by atoms with Crippen molar-refractivity contribution in [1.82, 2.24) is 20.4 Å². The second-order valence-electron chi connectivity index (χ2n) is 6.98. The van der Waals surface area contributed by atoms with Gasteiger partial charge in [-0.1, -0.05) is 5.16 Å². The fourth-order valence-corrected chi connectivity index (χ4v) is 3.20. The maximum absolute atomic E-state index is 14.7. The molecule has 30 heavy (non-hydrogen) atoms. The van der Waals surface area contributed by atoms with Crippen molar-refractivity contribution in [2.75, 3.05) is 32.6 Å². The smallest absolute Gasteiger partial charge is 0.165 e. The Labute approximate surface area is 174 Å². The molecule has 0 aliphatic rings. The van der Waals surface area contributed by atoms with E-state index in [0.717, 1.165) is 11.1 Å². The fraction of sp³-hybridized carbons (Fsp3) is 0.381. The zero-order valence-electron chi connectivity index (χ0n) is 17.7. The molecule has 0 saturated heterocycles. The molecule has 9 heteroatoms. The SMILES string of the molecule is CNCC(O)COc1ccc(F)c(-c2nc(NC)c(C)c(-c3c(C)noc3C)n2)c1. The van der Waals surface area contributed by atoms with Crippen LogP contribution in [-0.2, 0) is 0 Å². The zero-order chi connectivity index (χ0) is 21.8. The van der Waals surface area contributed by atoms with Crippen LogP contribution in [0.5, 0.6) is 5.75 Å². The van der Waals surface area contributed by atoms with Crippen molar-refractivity contribution in [2.45, 2.75) is 26.9 Å². The Morgan fingerprint density at radius 3 is 2.60 bits per heavy atom. The number of aryl methyl sites for hydroxylation is 2. The first kappa shape index (κ1) is 21.7. The highest BCUT2D eigenvalue weighted by Gasteiger charge is 2.21. The van der Waals surface area contributed by atoms with Crippen LogP contribution >= 0.6 is 0 Å². The van der Waals surface area contributed by atoms with Gasteiger partial charge in [0, 0.05) is 19.2 Å². The van der Waals surface area contributed by atoms with Crippen LogP contribution in [0.15, 0.2) is 22.7 Å². The number of halogens is 1. The summed E-state index contributed by atoms with van der Waals surface area (Å²) in [6.07, 6.45) is -0.679. The summed E-state index contributed by atoms with van der Waals surface area (Å²) in [5.41, 5.74) is 3.07. The van der Waals surface area contributed by atoms with Crippen LogP contribution in [0.3, 0.4) is 0 Å². The maximum atomic E-state index is 14.7. The molecule has 0 fully saturated rings. The Balaban J connectivity index is 2.05. The van der Waals surface area contributed by atoms with E-state index in [2.05, 4.69) is 25.8 Å². The molecule has 2 heterocycles. The van der Waals surface area contributed by atoms with Crippen LogP contribution in [-0.4, -0.2) is 53.6 Å². The fourth-order valence-electron chi connectivity index (χ4n) is 3.20. The van der Waals surface area contributed by atoms with Gasteiger partial charge in [-0.2, -0.15) is 0 Å². The van der Waals surface area contributed by atoms with Gasteiger partial charge in [-0.05, 0) is 46.0 Å². The van der Waals surface area contributed by atoms with Gasteiger partial charge in [0.05, 0.1) is 22.5 Å². The van der Waals surface area contributed by atoms with E-state index in [1.807, 2.05) is 13.8 Å². The molecule has 1 unspecified atom stereocenters. The summed E-state index contributed by atoms with van der Waals surface area (Å²) in [7, 11) is 3.49. The molecule has 0 saturated carbocycles. The van der Waals surface area contributed by atoms with Gasteiger partial charge in [-0.25, -0.2) is 14.4 Å². The van der Waals surface area contributed by atoms with Crippen molar-refractivity contribution in [3.05, 3.63) is 41.0 Å². The van der Waals surface area contributed by atoms with E-state index in [-0.39, 0.29) is 18.0 Å². The van der Waals surface area contributed by atoms with Gasteiger partial charge in [0.15, 0.2) is 5.82 Å². The number of rotatable bonds is 8. The summed E-state index contributed by atoms with van der Waals surface area (Å²) in [4.78, 5) is 9.13. The molecule has 2 aromatic heterocycles. The van der Waals surface area contributed by atoms with Crippen molar-refractivity contribution in [3.63, 3.8) is 0 Å². The van der Waals surface area contributed by atoms with Gasteiger partial charge in [0.25, 0.3) is 0 Å². The van der Waals surface area contributed by atoms with E-state index in [1.165, 1.54) is 18.2 Å². The number of benzene rings is 1. The second kappa shape index (κ2) is 9.19. The molecule has 0 spiro atoms. The molecule has 160 valence electrons. The molecule has 3 N–H and O–H groups in total. The predicted octanol–water partition coefficient (Wildman–Crippen LogP) is 2.86. The number of nitrogens with zero attached hydrogens (tertiary/aromatic N) is 3. The first-order valence-electron chi connectivity index (χ1n) is 9.60. The van der Waals surface area contributed by atoms with Crippen LogP contribution < -0.4 is 15.4 Å². The molecular weight excluding hydrogens is 389 g/mol. The molecule has 0 radical (unpaired) electrons. The van der Waals surface area contributed by atoms with Gasteiger partial charge in [0.2, 0.25) is 0 Å². The number of aliphatic hydroxyl groups excluding tert-OH is 1. The molecule has 3 rings (SSSR count). The summed E-state index contributed by atoms with van der Waals surface area (Å²) >= 11 is 0. The third-order valence-electron chi connectivity index (χ3n) is 4.71. The summed E-state index contributed by atoms with van der Waals surface area (Å²) in [5, 5.41) is 19.7. The van der Waals surface area contributed by atoms with E-state index in [9.17, 15) is 9.50 Å². The molecule has 0 bridgehead atoms. The topological polar surface area (TPSA) is 105 Å². The summed E-state index contributed by atoms with van der Waals surface area (Å²) < 4.78 is 25.6. The third-order valence-corrected chi connectivity index (χ3v) is 4.71. The number of anilines is 1. The quantitative estimate of drug-likeness (QED) is 0.516. The van der Waals surface area contributed by atoms with Crippen molar-refractivity contribution in [2.24, 2.45) is 0 Å². The van der Waals surface area contributed by atoms with Gasteiger partial charge < -0.3 is 25.0 Å². The van der Waals surface area contributed by atoms with E-state index < -0.39 is 11.9 Å². The number of nitrogens with one attached hydrogen (secondary N) is 2. The Morgan fingerprint density at radius 2 is 1.97 bits per heavy atom. The van der Waals surface area contributed by atoms with Crippen LogP contribution in [0.25, 0.3) is 22.6 Å². The maximum Gasteiger partial charge on any atom is 0.165 e. The standard InChI is InChI=1S/C21H26FN5O3/c1-11-19(18-12(2)27-30-13(18)3)25-21(26-20(11)24-5)16-8-15(6-7-17(16)22)29-10-14(28)9-23-4/h6-8,14,23,28H,9-10H2,1-5H3,(H,24,25,26). The predicted molar refractivity (Wildman–Crippen MR) is 112 cm³/mol. The Kier molecular flexibility index (Phi) is 6.63. The van der Waals surface area contributed by atoms with Crippen LogP contribution in [0.1, 0.15) is 17.0 Å². The minimum absolute atomic E-state index is 0.0762. The molecule has 0 amide bonds. The highest BCUT2D eigenvalue weighted by Crippen LogP contribution is 2.34. The van der Waals surface area contributed by atoms with Crippen molar-refractivity contribution >= 4 is 5.82 Å². The van der Waals surface area contributed by atoms with Gasteiger partial charge in [0.1, 0.15) is 35.9 Å². The zero-order valence-corrected chi connectivity index (χ0v) is 17.7. The number of aliphatic hydroxyl groups is 1. The lowest BCUT2D eigenvalue weighted by Gasteiger charge is -2.15. The molecule has 1 atom stereocenters. The average Bonchev–Trinajstić information content (AvgIpc) is 3.06. The van der Waals surface area contributed by atoms with Crippen molar-refractivity contribution in [1.29, 1.82) is 0 Å². The van der Waals surface area contributed by atoms with E-state index in [1.54, 1.807) is 21.0 Å². The number of likely N-dealkylation sites (N-methyl/N-ethyl adjacent to an activating group) is 1. The van der Waals surface area contributed by atoms with Gasteiger partial charge >= 0.3 is 0 Å². The molecule has 3 aromatic rings. The number of aromatic nitrogens is 3. The molecule has 8 nitrogen and oxygen atoms in total. The normalized spacial score (nSPS) is 12.1. The van der Waals surface area contributed by atoms with Crippen molar-refractivity contribution in [3.8, 4) is 28.4 Å².